The Morgan fingerprint density at radius 2 is 0.549 bits per heavy atom. The number of rotatable bonds is 18. The second-order valence-corrected chi connectivity index (χ2v) is 28.3. The molecule has 5 nitrogen and oxygen atoms in total. The van der Waals surface area contributed by atoms with Gasteiger partial charge in [0.25, 0.3) is 0 Å². The molecule has 0 unspecified atom stereocenters. The van der Waals surface area contributed by atoms with E-state index < -0.39 is 0 Å². The summed E-state index contributed by atoms with van der Waals surface area (Å²) in [6.45, 7) is 49.6. The van der Waals surface area contributed by atoms with E-state index in [1.54, 1.807) is 21.3 Å². The van der Waals surface area contributed by atoms with Crippen LogP contribution in [0.2, 0.25) is 0 Å². The van der Waals surface area contributed by atoms with Crippen LogP contribution in [0.4, 0.5) is 0 Å². The molecule has 5 heteroatoms. The summed E-state index contributed by atoms with van der Waals surface area (Å²) in [5, 5.41) is 17.1. The van der Waals surface area contributed by atoms with E-state index in [9.17, 15) is 0 Å². The SMILES string of the molecule is C.CC(C)c1ccc(C#N)cc1.CC(C)c1cccc(C#N)c1.CC(C)c1ccccc1.CCc1ccc(C(C)C)cc1.CCc1ccc(C(C)C)cc1.CCc1ccc(C(C)C)cc1.CCc1ccc(C(C)C)cc1OC.COCc1ccc(C(C)C)cc1.COCc1cccc(C(C)C)c1. The Balaban J connectivity index is 0.00000113. The van der Waals surface area contributed by atoms with Crippen molar-refractivity contribution in [2.45, 2.75) is 252 Å². The van der Waals surface area contributed by atoms with E-state index in [2.05, 4.69) is 328 Å². The first-order chi connectivity index (χ1) is 48.1. The molecular weight excluding hydrogens is 1240 g/mol. The summed E-state index contributed by atoms with van der Waals surface area (Å²) < 4.78 is 15.4. The topological polar surface area (TPSA) is 75.3 Å². The average molecular weight is 1380 g/mol. The van der Waals surface area contributed by atoms with Crippen LogP contribution in [0.25, 0.3) is 0 Å². The first kappa shape index (κ1) is 93.7. The summed E-state index contributed by atoms with van der Waals surface area (Å²) in [4.78, 5) is 0. The molecule has 0 amide bonds. The van der Waals surface area contributed by atoms with Crippen molar-refractivity contribution in [1.29, 1.82) is 10.5 Å². The normalized spacial score (nSPS) is 10.2. The molecule has 9 aromatic rings. The molecule has 0 N–H and O–H groups in total. The summed E-state index contributed by atoms with van der Waals surface area (Å²) in [7, 11) is 5.18. The Morgan fingerprint density at radius 3 is 0.853 bits per heavy atom. The van der Waals surface area contributed by atoms with E-state index in [-0.39, 0.29) is 7.43 Å². The highest BCUT2D eigenvalue weighted by molar-refractivity contribution is 5.39. The van der Waals surface area contributed by atoms with Gasteiger partial charge in [-0.15, -0.1) is 0 Å². The minimum atomic E-state index is 0. The molecule has 552 valence electrons. The second kappa shape index (κ2) is 54.4. The third kappa shape index (κ3) is 39.2. The fourth-order valence-electron chi connectivity index (χ4n) is 9.95. The smallest absolute Gasteiger partial charge is 0.122 e. The molecule has 0 spiro atoms. The Hall–Kier alpha value is -8.32. The molecule has 0 fully saturated rings. The molecule has 0 aromatic heterocycles. The molecular formula is C97H136N2O3. The first-order valence-corrected chi connectivity index (χ1v) is 37.3. The van der Waals surface area contributed by atoms with Gasteiger partial charge in [0, 0.05) is 14.2 Å². The zero-order chi connectivity index (χ0) is 75.8. The van der Waals surface area contributed by atoms with E-state index in [1.807, 2.05) is 54.6 Å². The minimum absolute atomic E-state index is 0. The van der Waals surface area contributed by atoms with Crippen LogP contribution in [0, 0.1) is 22.7 Å². The molecule has 0 radical (unpaired) electrons. The lowest BCUT2D eigenvalue weighted by atomic mass is 10.0. The van der Waals surface area contributed by atoms with E-state index in [0.717, 1.165) is 42.6 Å². The van der Waals surface area contributed by atoms with Crippen LogP contribution in [0.3, 0.4) is 0 Å². The predicted molar refractivity (Wildman–Crippen MR) is 446 cm³/mol. The molecule has 0 aliphatic heterocycles. The summed E-state index contributed by atoms with van der Waals surface area (Å²) in [5.41, 5.74) is 21.9. The number of methoxy groups -OCH3 is 3. The molecule has 102 heavy (non-hydrogen) atoms. The van der Waals surface area contributed by atoms with Gasteiger partial charge in [0.15, 0.2) is 0 Å². The van der Waals surface area contributed by atoms with Crippen molar-refractivity contribution >= 4 is 0 Å². The fourth-order valence-corrected chi connectivity index (χ4v) is 9.95. The van der Waals surface area contributed by atoms with Crippen molar-refractivity contribution in [1.82, 2.24) is 0 Å². The van der Waals surface area contributed by atoms with E-state index in [0.29, 0.717) is 66.5 Å². The molecule has 9 rings (SSSR count). The standard InChI is InChI=1S/C12H18O.2C11H16O.3C11H16.2C10H11N.C9H12.CH4/c1-5-10-6-7-11(9(2)3)8-12(10)13-4;1-9(2)11-6-4-10(5-7-11)8-12-3;1-9(2)11-6-4-5-10(7-11)8-12-3;3*1-4-10-5-7-11(8-6-10)9(2)3;1-8(2)10-5-3-9(7-11)4-6-10;1-8(2)10-5-3-4-9(6-10)7-11;1-8(2)9-6-4-3-5-7-9;/h6-9H,5H2,1-4H3;2*4-7,9H,8H2,1-3H3;3*5-9H,4H2,1-3H3;2*3-6,8H,1-2H3;3-8H,1-2H3;1H4. The van der Waals surface area contributed by atoms with Gasteiger partial charge in [0.2, 0.25) is 0 Å². The van der Waals surface area contributed by atoms with Crippen LogP contribution in [-0.4, -0.2) is 21.3 Å². The molecule has 0 heterocycles. The van der Waals surface area contributed by atoms with Crippen molar-refractivity contribution in [2.75, 3.05) is 21.3 Å². The van der Waals surface area contributed by atoms with Crippen molar-refractivity contribution < 1.29 is 14.2 Å². The Bertz CT molecular complexity index is 3490. The van der Waals surface area contributed by atoms with Crippen molar-refractivity contribution in [3.05, 3.63) is 313 Å². The molecule has 0 atom stereocenters. The molecule has 0 aliphatic rings. The van der Waals surface area contributed by atoms with E-state index in [1.165, 1.54) is 83.5 Å². The van der Waals surface area contributed by atoms with Gasteiger partial charge in [-0.25, -0.2) is 0 Å². The molecule has 0 saturated carbocycles. The van der Waals surface area contributed by atoms with Gasteiger partial charge in [-0.3, -0.25) is 0 Å². The Labute approximate surface area is 625 Å². The van der Waals surface area contributed by atoms with Crippen molar-refractivity contribution in [3.8, 4) is 17.9 Å². The number of hydrogen-bond donors (Lipinski definition) is 0. The maximum Gasteiger partial charge on any atom is 0.122 e. The number of benzene rings is 9. The van der Waals surface area contributed by atoms with Crippen molar-refractivity contribution in [3.63, 3.8) is 0 Å². The van der Waals surface area contributed by atoms with Gasteiger partial charge >= 0.3 is 0 Å². The van der Waals surface area contributed by atoms with Gasteiger partial charge in [-0.05, 0) is 193 Å². The summed E-state index contributed by atoms with van der Waals surface area (Å²) in [5.74, 6) is 6.47. The monoisotopic (exact) mass is 1380 g/mol. The fraction of sp³-hybridized carbons (Fsp3) is 0.423. The summed E-state index contributed by atoms with van der Waals surface area (Å²) >= 11 is 0. The number of nitrogens with zero attached hydrogens (tertiary/aromatic N) is 2. The maximum atomic E-state index is 8.59. The predicted octanol–water partition coefficient (Wildman–Crippen LogP) is 28.2. The Morgan fingerprint density at radius 1 is 0.265 bits per heavy atom. The van der Waals surface area contributed by atoms with Gasteiger partial charge < -0.3 is 14.2 Å². The maximum absolute atomic E-state index is 8.59. The van der Waals surface area contributed by atoms with Crippen LogP contribution in [0.5, 0.6) is 5.75 Å². The zero-order valence-corrected chi connectivity index (χ0v) is 67.3. The lowest BCUT2D eigenvalue weighted by Gasteiger charge is -2.11. The third-order valence-electron chi connectivity index (χ3n) is 17.3. The van der Waals surface area contributed by atoms with Crippen LogP contribution in [0.1, 0.15) is 308 Å². The zero-order valence-electron chi connectivity index (χ0n) is 67.3. The molecule has 0 bridgehead atoms. The molecule has 0 saturated heterocycles. The van der Waals surface area contributed by atoms with E-state index >= 15 is 0 Å². The van der Waals surface area contributed by atoms with Crippen LogP contribution in [-0.2, 0) is 48.4 Å². The van der Waals surface area contributed by atoms with Crippen LogP contribution in [0.15, 0.2) is 218 Å². The van der Waals surface area contributed by atoms with Gasteiger partial charge in [0.1, 0.15) is 5.75 Å². The number of nitriles is 2. The highest BCUT2D eigenvalue weighted by Gasteiger charge is 2.07. The first-order valence-electron chi connectivity index (χ1n) is 37.3. The summed E-state index contributed by atoms with van der Waals surface area (Å²) in [6, 6.07) is 80.5. The third-order valence-corrected chi connectivity index (χ3v) is 17.3. The average Bonchev–Trinajstić information content (AvgIpc) is 0.866. The largest absolute Gasteiger partial charge is 0.496 e. The minimum Gasteiger partial charge on any atom is -0.496 e. The number of ether oxygens (including phenoxy) is 3. The highest BCUT2D eigenvalue weighted by atomic mass is 16.5. The lowest BCUT2D eigenvalue weighted by Crippen LogP contribution is -1.94. The van der Waals surface area contributed by atoms with Gasteiger partial charge in [-0.1, -0.05) is 348 Å². The van der Waals surface area contributed by atoms with E-state index in [4.69, 9.17) is 24.7 Å². The second-order valence-electron chi connectivity index (χ2n) is 28.3. The van der Waals surface area contributed by atoms with Crippen molar-refractivity contribution in [2.24, 2.45) is 0 Å². The van der Waals surface area contributed by atoms with Gasteiger partial charge in [-0.2, -0.15) is 10.5 Å². The Kier molecular flexibility index (Phi) is 50.0. The number of aryl methyl sites for hydroxylation is 4. The van der Waals surface area contributed by atoms with Crippen LogP contribution < -0.4 is 4.74 Å². The van der Waals surface area contributed by atoms with Gasteiger partial charge in [0.05, 0.1) is 43.6 Å². The highest BCUT2D eigenvalue weighted by Crippen LogP contribution is 2.26. The van der Waals surface area contributed by atoms with Crippen LogP contribution >= 0.6 is 0 Å². The molecule has 0 aliphatic carbocycles. The summed E-state index contributed by atoms with van der Waals surface area (Å²) in [6.07, 6.45) is 4.44. The quantitative estimate of drug-likeness (QED) is 0.0856. The lowest BCUT2D eigenvalue weighted by molar-refractivity contribution is 0.185. The number of hydrogen-bond acceptors (Lipinski definition) is 5. The molecule has 9 aromatic carbocycles.